The molecule has 0 aliphatic heterocycles. The van der Waals surface area contributed by atoms with Gasteiger partial charge in [0.1, 0.15) is 12.6 Å². The lowest BCUT2D eigenvalue weighted by molar-refractivity contribution is -0.139. The maximum absolute atomic E-state index is 14.0. The number of hydrogen-bond donors (Lipinski definition) is 1. The molecule has 0 aromatic heterocycles. The number of aryl methyl sites for hydroxylation is 4. The zero-order valence-electron chi connectivity index (χ0n) is 24.6. The van der Waals surface area contributed by atoms with Crippen molar-refractivity contribution in [2.45, 2.75) is 78.4 Å². The Hall–Kier alpha value is -3.65. The fourth-order valence-corrected chi connectivity index (χ4v) is 5.59. The Labute approximate surface area is 239 Å². The number of carbonyl (C=O) groups excluding carboxylic acids is 2. The van der Waals surface area contributed by atoms with Gasteiger partial charge >= 0.3 is 0 Å². The Morgan fingerprint density at radius 2 is 1.40 bits per heavy atom. The van der Waals surface area contributed by atoms with E-state index in [2.05, 4.69) is 5.32 Å². The van der Waals surface area contributed by atoms with Crippen LogP contribution in [0, 0.1) is 27.7 Å². The molecule has 2 atom stereocenters. The summed E-state index contributed by atoms with van der Waals surface area (Å²) in [6.45, 7) is 13.0. The second kappa shape index (κ2) is 13.1. The first kappa shape index (κ1) is 30.9. The number of carbonyl (C=O) groups is 2. The molecule has 3 rings (SSSR count). The van der Waals surface area contributed by atoms with Gasteiger partial charge in [0.15, 0.2) is 0 Å². The third kappa shape index (κ3) is 7.50. The Bertz CT molecular complexity index is 1430. The van der Waals surface area contributed by atoms with Crippen molar-refractivity contribution in [1.29, 1.82) is 0 Å². The predicted octanol–water partition coefficient (Wildman–Crippen LogP) is 5.45. The molecule has 0 saturated carbocycles. The van der Waals surface area contributed by atoms with Crippen molar-refractivity contribution in [2.24, 2.45) is 0 Å². The third-order valence-corrected chi connectivity index (χ3v) is 9.10. The van der Waals surface area contributed by atoms with Gasteiger partial charge in [0.2, 0.25) is 11.8 Å². The molecule has 0 fully saturated rings. The van der Waals surface area contributed by atoms with Gasteiger partial charge in [-0.25, -0.2) is 8.42 Å². The van der Waals surface area contributed by atoms with E-state index in [0.29, 0.717) is 5.69 Å². The van der Waals surface area contributed by atoms with E-state index in [1.807, 2.05) is 71.9 Å². The number of rotatable bonds is 11. The molecule has 0 heterocycles. The highest BCUT2D eigenvalue weighted by atomic mass is 32.2. The Balaban J connectivity index is 2.04. The highest BCUT2D eigenvalue weighted by molar-refractivity contribution is 7.92. The van der Waals surface area contributed by atoms with Crippen molar-refractivity contribution >= 4 is 27.5 Å². The molecule has 2 unspecified atom stereocenters. The summed E-state index contributed by atoms with van der Waals surface area (Å²) in [4.78, 5) is 28.7. The van der Waals surface area contributed by atoms with E-state index in [1.54, 1.807) is 43.3 Å². The number of benzene rings is 3. The minimum absolute atomic E-state index is 0.0553. The van der Waals surface area contributed by atoms with Crippen molar-refractivity contribution in [3.63, 3.8) is 0 Å². The first-order chi connectivity index (χ1) is 18.8. The second-order valence-corrected chi connectivity index (χ2v) is 12.5. The van der Waals surface area contributed by atoms with Crippen molar-refractivity contribution in [1.82, 2.24) is 10.2 Å². The molecule has 0 bridgehead atoms. The van der Waals surface area contributed by atoms with Crippen LogP contribution in [0.2, 0.25) is 0 Å². The summed E-state index contributed by atoms with van der Waals surface area (Å²) in [7, 11) is -4.09. The molecular weight excluding hydrogens is 522 g/mol. The first-order valence-corrected chi connectivity index (χ1v) is 15.1. The van der Waals surface area contributed by atoms with Crippen LogP contribution in [0.3, 0.4) is 0 Å². The summed E-state index contributed by atoms with van der Waals surface area (Å²) >= 11 is 0. The molecule has 7 nitrogen and oxygen atoms in total. The molecule has 3 aromatic rings. The van der Waals surface area contributed by atoms with E-state index in [1.165, 1.54) is 4.90 Å². The third-order valence-electron chi connectivity index (χ3n) is 7.31. The molecule has 2 amide bonds. The van der Waals surface area contributed by atoms with Gasteiger partial charge in [0.05, 0.1) is 10.6 Å². The average molecular weight is 564 g/mol. The number of amides is 2. The summed E-state index contributed by atoms with van der Waals surface area (Å²) in [5.41, 5.74) is 5.17. The lowest BCUT2D eigenvalue weighted by atomic mass is 10.1. The Morgan fingerprint density at radius 1 is 0.825 bits per heavy atom. The summed E-state index contributed by atoms with van der Waals surface area (Å²) in [5.74, 6) is -0.754. The molecule has 8 heteroatoms. The zero-order valence-corrected chi connectivity index (χ0v) is 25.4. The predicted molar refractivity (Wildman–Crippen MR) is 161 cm³/mol. The Morgan fingerprint density at radius 3 is 1.95 bits per heavy atom. The number of nitrogens with zero attached hydrogens (tertiary/aromatic N) is 2. The van der Waals surface area contributed by atoms with Gasteiger partial charge < -0.3 is 10.2 Å². The van der Waals surface area contributed by atoms with Crippen molar-refractivity contribution < 1.29 is 18.0 Å². The summed E-state index contributed by atoms with van der Waals surface area (Å²) in [6, 6.07) is 18.8. The molecule has 0 saturated heterocycles. The van der Waals surface area contributed by atoms with E-state index >= 15 is 0 Å². The maximum Gasteiger partial charge on any atom is 0.264 e. The molecule has 0 radical (unpaired) electrons. The highest BCUT2D eigenvalue weighted by Crippen LogP contribution is 2.27. The normalized spacial score (nSPS) is 12.9. The smallest absolute Gasteiger partial charge is 0.264 e. The summed E-state index contributed by atoms with van der Waals surface area (Å²) < 4.78 is 29.1. The van der Waals surface area contributed by atoms with Crippen LogP contribution < -0.4 is 9.62 Å². The zero-order chi connectivity index (χ0) is 29.6. The van der Waals surface area contributed by atoms with Crippen LogP contribution in [0.25, 0.3) is 0 Å². The first-order valence-electron chi connectivity index (χ1n) is 13.7. The molecule has 3 aromatic carbocycles. The number of anilines is 1. The van der Waals surface area contributed by atoms with Gasteiger partial charge in [-0.3, -0.25) is 13.9 Å². The molecule has 0 aliphatic carbocycles. The van der Waals surface area contributed by atoms with Crippen LogP contribution in [-0.2, 0) is 26.2 Å². The molecular formula is C32H41N3O4S. The van der Waals surface area contributed by atoms with Crippen molar-refractivity contribution in [3.8, 4) is 0 Å². The lowest BCUT2D eigenvalue weighted by Gasteiger charge is -2.32. The van der Waals surface area contributed by atoms with Gasteiger partial charge in [0.25, 0.3) is 10.0 Å². The molecule has 214 valence electrons. The summed E-state index contributed by atoms with van der Waals surface area (Å²) in [6.07, 6.45) is 0.750. The van der Waals surface area contributed by atoms with E-state index in [-0.39, 0.29) is 23.4 Å². The van der Waals surface area contributed by atoms with Gasteiger partial charge in [-0.15, -0.1) is 0 Å². The molecule has 0 spiro atoms. The highest BCUT2D eigenvalue weighted by Gasteiger charge is 2.33. The van der Waals surface area contributed by atoms with Crippen LogP contribution in [0.1, 0.15) is 55.0 Å². The molecule has 40 heavy (non-hydrogen) atoms. The van der Waals surface area contributed by atoms with Gasteiger partial charge in [0, 0.05) is 12.6 Å². The quantitative estimate of drug-likeness (QED) is 0.336. The van der Waals surface area contributed by atoms with Crippen LogP contribution in [0.15, 0.2) is 71.6 Å². The monoisotopic (exact) mass is 563 g/mol. The molecule has 1 N–H and O–H groups in total. The minimum atomic E-state index is -4.09. The fourth-order valence-electron chi connectivity index (χ4n) is 4.19. The topological polar surface area (TPSA) is 86.8 Å². The number of sulfonamides is 1. The number of hydrogen-bond acceptors (Lipinski definition) is 4. The standard InChI is InChI=1S/C32H41N3O4S/c1-8-26(6)33-32(37)27(7)34(20-28-14-9-22(2)10-15-28)31(36)21-35(29-16-13-24(4)25(5)19-29)40(38,39)30-17-11-23(3)12-18-30/h9-19,26-27H,8,20-21H2,1-7H3,(H,33,37). The van der Waals surface area contributed by atoms with E-state index < -0.39 is 28.5 Å². The average Bonchev–Trinajstić information content (AvgIpc) is 2.92. The van der Waals surface area contributed by atoms with E-state index in [4.69, 9.17) is 0 Å². The SMILES string of the molecule is CCC(C)NC(=O)C(C)N(Cc1ccc(C)cc1)C(=O)CN(c1ccc(C)c(C)c1)S(=O)(=O)c1ccc(C)cc1. The van der Waals surface area contributed by atoms with Crippen molar-refractivity contribution in [3.05, 3.63) is 94.5 Å². The van der Waals surface area contributed by atoms with Gasteiger partial charge in [-0.05, 0) is 88.9 Å². The van der Waals surface area contributed by atoms with Crippen molar-refractivity contribution in [2.75, 3.05) is 10.8 Å². The van der Waals surface area contributed by atoms with E-state index in [9.17, 15) is 18.0 Å². The summed E-state index contributed by atoms with van der Waals surface area (Å²) in [5, 5.41) is 2.95. The molecule has 0 aliphatic rings. The lowest BCUT2D eigenvalue weighted by Crippen LogP contribution is -2.52. The maximum atomic E-state index is 14.0. The fraction of sp³-hybridized carbons (Fsp3) is 0.375. The number of nitrogens with one attached hydrogen (secondary N) is 1. The van der Waals surface area contributed by atoms with Gasteiger partial charge in [-0.2, -0.15) is 0 Å². The minimum Gasteiger partial charge on any atom is -0.352 e. The second-order valence-electron chi connectivity index (χ2n) is 10.6. The Kier molecular flexibility index (Phi) is 10.1. The van der Waals surface area contributed by atoms with Crippen LogP contribution >= 0.6 is 0 Å². The van der Waals surface area contributed by atoms with E-state index in [0.717, 1.165) is 38.5 Å². The largest absolute Gasteiger partial charge is 0.352 e. The van der Waals surface area contributed by atoms with Gasteiger partial charge in [-0.1, -0.05) is 60.5 Å². The van der Waals surface area contributed by atoms with Crippen LogP contribution in [0.4, 0.5) is 5.69 Å². The van der Waals surface area contributed by atoms with Crippen LogP contribution in [-0.4, -0.2) is 43.8 Å². The van der Waals surface area contributed by atoms with Crippen LogP contribution in [0.5, 0.6) is 0 Å².